The lowest BCUT2D eigenvalue weighted by atomic mass is 10.3. The van der Waals surface area contributed by atoms with Crippen LogP contribution in [0.1, 0.15) is 0 Å². The Bertz CT molecular complexity index is 897. The second-order valence-corrected chi connectivity index (χ2v) is 7.49. The van der Waals surface area contributed by atoms with Crippen molar-refractivity contribution in [2.75, 3.05) is 24.1 Å². The average molecular weight is 384 g/mol. The van der Waals surface area contributed by atoms with Crippen LogP contribution in [0.4, 0.5) is 5.69 Å². The molecule has 0 aliphatic carbocycles. The van der Waals surface area contributed by atoms with Gasteiger partial charge < -0.3 is 14.6 Å². The largest absolute Gasteiger partial charge is 0.486 e. The van der Waals surface area contributed by atoms with Crippen LogP contribution in [0.3, 0.4) is 0 Å². The third-order valence-corrected chi connectivity index (χ3v) is 5.52. The highest BCUT2D eigenvalue weighted by molar-refractivity contribution is 7.92. The maximum Gasteiger partial charge on any atom is 0.324 e. The van der Waals surface area contributed by atoms with E-state index in [-0.39, 0.29) is 10.6 Å². The molecule has 7 nitrogen and oxygen atoms in total. The van der Waals surface area contributed by atoms with Crippen molar-refractivity contribution in [1.82, 2.24) is 0 Å². The van der Waals surface area contributed by atoms with Crippen molar-refractivity contribution in [2.24, 2.45) is 0 Å². The van der Waals surface area contributed by atoms with Gasteiger partial charge in [-0.2, -0.15) is 0 Å². The zero-order valence-corrected chi connectivity index (χ0v) is 14.5. The lowest BCUT2D eigenvalue weighted by Gasteiger charge is -2.24. The molecule has 0 saturated carbocycles. The Morgan fingerprint density at radius 3 is 2.36 bits per heavy atom. The van der Waals surface area contributed by atoms with Crippen molar-refractivity contribution < 1.29 is 27.8 Å². The minimum atomic E-state index is -4.12. The van der Waals surface area contributed by atoms with Crippen LogP contribution in [0.15, 0.2) is 47.4 Å². The molecule has 0 aromatic heterocycles. The number of carboxylic acids is 1. The number of rotatable bonds is 5. The first-order valence-electron chi connectivity index (χ1n) is 7.28. The normalized spacial score (nSPS) is 13.3. The molecule has 0 bridgehead atoms. The van der Waals surface area contributed by atoms with Crippen LogP contribution < -0.4 is 13.8 Å². The van der Waals surface area contributed by atoms with Gasteiger partial charge in [0.15, 0.2) is 11.5 Å². The van der Waals surface area contributed by atoms with E-state index in [4.69, 9.17) is 26.2 Å². The number of carboxylic acid groups (broad SMARTS) is 1. The summed E-state index contributed by atoms with van der Waals surface area (Å²) in [6.07, 6.45) is 0. The molecule has 0 saturated heterocycles. The van der Waals surface area contributed by atoms with Crippen LogP contribution >= 0.6 is 11.6 Å². The lowest BCUT2D eigenvalue weighted by Crippen LogP contribution is -2.35. The number of hydrogen-bond acceptors (Lipinski definition) is 5. The van der Waals surface area contributed by atoms with Gasteiger partial charge in [0.2, 0.25) is 0 Å². The molecule has 0 spiro atoms. The molecule has 9 heteroatoms. The Morgan fingerprint density at radius 2 is 1.72 bits per heavy atom. The highest BCUT2D eigenvalue weighted by Gasteiger charge is 2.28. The summed E-state index contributed by atoms with van der Waals surface area (Å²) >= 11 is 5.82. The van der Waals surface area contributed by atoms with Crippen molar-refractivity contribution in [3.63, 3.8) is 0 Å². The molecule has 3 rings (SSSR count). The first kappa shape index (κ1) is 17.4. The number of nitrogens with zero attached hydrogens (tertiary/aromatic N) is 1. The molecule has 1 heterocycles. The molecule has 0 amide bonds. The predicted octanol–water partition coefficient (Wildman–Crippen LogP) is 2.39. The smallest absolute Gasteiger partial charge is 0.324 e. The molecule has 0 radical (unpaired) electrons. The van der Waals surface area contributed by atoms with Gasteiger partial charge in [-0.15, -0.1) is 0 Å². The third kappa shape index (κ3) is 3.64. The van der Waals surface area contributed by atoms with Crippen molar-refractivity contribution in [3.05, 3.63) is 47.5 Å². The van der Waals surface area contributed by atoms with Crippen molar-refractivity contribution in [1.29, 1.82) is 0 Å². The maximum atomic E-state index is 13.0. The zero-order chi connectivity index (χ0) is 18.0. The predicted molar refractivity (Wildman–Crippen MR) is 91.1 cm³/mol. The van der Waals surface area contributed by atoms with Crippen LogP contribution in [0.2, 0.25) is 5.02 Å². The van der Waals surface area contributed by atoms with Gasteiger partial charge in [0.05, 0.1) is 10.6 Å². The molecule has 1 aliphatic rings. The summed E-state index contributed by atoms with van der Waals surface area (Å²) in [6, 6.07) is 10.0. The number of sulfonamides is 1. The van der Waals surface area contributed by atoms with Gasteiger partial charge >= 0.3 is 5.97 Å². The number of anilines is 1. The molecule has 2 aromatic carbocycles. The van der Waals surface area contributed by atoms with Crippen LogP contribution in [0.5, 0.6) is 11.5 Å². The molecule has 25 heavy (non-hydrogen) atoms. The topological polar surface area (TPSA) is 93.1 Å². The van der Waals surface area contributed by atoms with E-state index >= 15 is 0 Å². The summed E-state index contributed by atoms with van der Waals surface area (Å²) in [5.41, 5.74) is 0.196. The Kier molecular flexibility index (Phi) is 4.73. The van der Waals surface area contributed by atoms with Crippen LogP contribution in [-0.2, 0) is 14.8 Å². The summed E-state index contributed by atoms with van der Waals surface area (Å²) in [5.74, 6) is -0.531. The molecule has 0 fully saturated rings. The van der Waals surface area contributed by atoms with Gasteiger partial charge in [-0.3, -0.25) is 9.10 Å². The Balaban J connectivity index is 2.04. The van der Waals surface area contributed by atoms with E-state index in [9.17, 15) is 13.2 Å². The van der Waals surface area contributed by atoms with E-state index in [0.717, 1.165) is 4.31 Å². The van der Waals surface area contributed by atoms with Crippen LogP contribution in [-0.4, -0.2) is 39.3 Å². The number of halogens is 1. The molecular formula is C16H14ClNO6S. The van der Waals surface area contributed by atoms with E-state index in [1.807, 2.05) is 0 Å². The fourth-order valence-corrected chi connectivity index (χ4v) is 3.91. The number of benzene rings is 2. The lowest BCUT2D eigenvalue weighted by molar-refractivity contribution is -0.135. The SMILES string of the molecule is O=C(O)CN(c1ccc(Cl)cc1)S(=O)(=O)c1ccc2c(c1)OCCO2. The van der Waals surface area contributed by atoms with Crippen molar-refractivity contribution in [2.45, 2.75) is 4.90 Å². The van der Waals surface area contributed by atoms with Gasteiger partial charge in [0.25, 0.3) is 10.0 Å². The number of ether oxygens (including phenoxy) is 2. The quantitative estimate of drug-likeness (QED) is 0.852. The number of fused-ring (bicyclic) bond motifs is 1. The first-order valence-corrected chi connectivity index (χ1v) is 9.09. The average Bonchev–Trinajstić information content (AvgIpc) is 2.60. The summed E-state index contributed by atoms with van der Waals surface area (Å²) in [5, 5.41) is 9.54. The number of hydrogen-bond donors (Lipinski definition) is 1. The zero-order valence-electron chi connectivity index (χ0n) is 12.9. The minimum absolute atomic E-state index is 0.0899. The van der Waals surface area contributed by atoms with Gasteiger partial charge in [0, 0.05) is 11.1 Å². The van der Waals surface area contributed by atoms with E-state index in [1.165, 1.54) is 42.5 Å². The van der Waals surface area contributed by atoms with Gasteiger partial charge in [0.1, 0.15) is 19.8 Å². The molecule has 0 atom stereocenters. The fraction of sp³-hybridized carbons (Fsp3) is 0.188. The van der Waals surface area contributed by atoms with Gasteiger partial charge in [-0.1, -0.05) is 11.6 Å². The molecule has 132 valence electrons. The molecule has 1 aliphatic heterocycles. The minimum Gasteiger partial charge on any atom is -0.486 e. The van der Waals surface area contributed by atoms with Crippen molar-refractivity contribution in [3.8, 4) is 11.5 Å². The van der Waals surface area contributed by atoms with E-state index < -0.39 is 22.5 Å². The second-order valence-electron chi connectivity index (χ2n) is 5.19. The highest BCUT2D eigenvalue weighted by atomic mass is 35.5. The third-order valence-electron chi connectivity index (χ3n) is 3.50. The monoisotopic (exact) mass is 383 g/mol. The summed E-state index contributed by atoms with van der Waals surface area (Å²) in [4.78, 5) is 11.1. The Hall–Kier alpha value is -2.45. The van der Waals surface area contributed by atoms with E-state index in [2.05, 4.69) is 0 Å². The van der Waals surface area contributed by atoms with Gasteiger partial charge in [-0.05, 0) is 36.4 Å². The van der Waals surface area contributed by atoms with Crippen LogP contribution in [0, 0.1) is 0 Å². The van der Waals surface area contributed by atoms with E-state index in [0.29, 0.717) is 29.7 Å². The van der Waals surface area contributed by atoms with E-state index in [1.54, 1.807) is 0 Å². The standard InChI is InChI=1S/C16H14ClNO6S/c17-11-1-3-12(4-2-11)18(10-16(19)20)25(21,22)13-5-6-14-15(9-13)24-8-7-23-14/h1-6,9H,7-8,10H2,(H,19,20). The van der Waals surface area contributed by atoms with Crippen molar-refractivity contribution >= 4 is 33.3 Å². The Morgan fingerprint density at radius 1 is 1.08 bits per heavy atom. The molecule has 2 aromatic rings. The summed E-state index contributed by atoms with van der Waals surface area (Å²) < 4.78 is 37.5. The second kappa shape index (κ2) is 6.81. The first-order chi connectivity index (χ1) is 11.9. The molecular weight excluding hydrogens is 370 g/mol. The van der Waals surface area contributed by atoms with Gasteiger partial charge in [-0.25, -0.2) is 8.42 Å². The Labute approximate surface area is 149 Å². The maximum absolute atomic E-state index is 13.0. The summed E-state index contributed by atoms with van der Waals surface area (Å²) in [6.45, 7) is -0.0278. The highest BCUT2D eigenvalue weighted by Crippen LogP contribution is 2.34. The molecule has 1 N–H and O–H groups in total. The summed E-state index contributed by atoms with van der Waals surface area (Å²) in [7, 11) is -4.12. The number of aliphatic carboxylic acids is 1. The van der Waals surface area contributed by atoms with Crippen LogP contribution in [0.25, 0.3) is 0 Å². The number of carbonyl (C=O) groups is 1. The fourth-order valence-electron chi connectivity index (χ4n) is 2.36. The molecule has 0 unspecified atom stereocenters.